The summed E-state index contributed by atoms with van der Waals surface area (Å²) in [4.78, 5) is 15.9. The number of pyridine rings is 1. The van der Waals surface area contributed by atoms with E-state index in [1.807, 2.05) is 6.26 Å². The van der Waals surface area contributed by atoms with Gasteiger partial charge in [0.05, 0.1) is 12.2 Å². The Kier molecular flexibility index (Phi) is 4.92. The molecule has 17 heavy (non-hydrogen) atoms. The zero-order valence-electron chi connectivity index (χ0n) is 9.80. The van der Waals surface area contributed by atoms with Crippen LogP contribution in [0, 0.1) is 0 Å². The van der Waals surface area contributed by atoms with E-state index >= 15 is 0 Å². The van der Waals surface area contributed by atoms with Crippen LogP contribution in [-0.4, -0.2) is 46.1 Å². The molecule has 1 atom stereocenters. The molecule has 0 saturated carbocycles. The van der Waals surface area contributed by atoms with Crippen molar-refractivity contribution in [2.75, 3.05) is 19.4 Å². The van der Waals surface area contributed by atoms with Crippen LogP contribution >= 0.6 is 11.8 Å². The molecular formula is C11H16N2O3S. The van der Waals surface area contributed by atoms with Gasteiger partial charge in [-0.15, -0.1) is 11.8 Å². The summed E-state index contributed by atoms with van der Waals surface area (Å²) in [5.41, 5.74) is -0.842. The molecule has 0 radical (unpaired) electrons. The molecule has 3 N–H and O–H groups in total. The molecule has 0 saturated heterocycles. The fourth-order valence-corrected chi connectivity index (χ4v) is 1.70. The average Bonchev–Trinajstić information content (AvgIpc) is 2.36. The number of hydrogen-bond donors (Lipinski definition) is 3. The maximum atomic E-state index is 11.8. The Morgan fingerprint density at radius 2 is 2.35 bits per heavy atom. The first-order valence-electron chi connectivity index (χ1n) is 5.10. The van der Waals surface area contributed by atoms with Crippen LogP contribution in [0.15, 0.2) is 23.4 Å². The summed E-state index contributed by atoms with van der Waals surface area (Å²) in [6.07, 6.45) is 3.45. The highest BCUT2D eigenvalue weighted by Crippen LogP contribution is 2.16. The van der Waals surface area contributed by atoms with Gasteiger partial charge in [0.1, 0.15) is 10.6 Å². The van der Waals surface area contributed by atoms with Gasteiger partial charge in [-0.2, -0.15) is 0 Å². The van der Waals surface area contributed by atoms with Crippen LogP contribution in [0.1, 0.15) is 17.3 Å². The molecule has 94 valence electrons. The van der Waals surface area contributed by atoms with E-state index in [4.69, 9.17) is 5.11 Å². The Labute approximate surface area is 104 Å². The van der Waals surface area contributed by atoms with Gasteiger partial charge >= 0.3 is 0 Å². The molecule has 1 unspecified atom stereocenters. The SMILES string of the molecule is CSc1ncccc1C(=O)NCC(C)(O)CO. The number of aliphatic hydroxyl groups excluding tert-OH is 1. The van der Waals surface area contributed by atoms with Crippen LogP contribution in [0.3, 0.4) is 0 Å². The topological polar surface area (TPSA) is 82.5 Å². The van der Waals surface area contributed by atoms with Crippen molar-refractivity contribution in [2.45, 2.75) is 17.6 Å². The number of carbonyl (C=O) groups excluding carboxylic acids is 1. The highest BCUT2D eigenvalue weighted by Gasteiger charge is 2.21. The van der Waals surface area contributed by atoms with E-state index in [9.17, 15) is 9.90 Å². The fourth-order valence-electron chi connectivity index (χ4n) is 1.15. The quantitative estimate of drug-likeness (QED) is 0.659. The maximum absolute atomic E-state index is 11.8. The first-order chi connectivity index (χ1) is 8.00. The Bertz CT molecular complexity index is 396. The van der Waals surface area contributed by atoms with Crippen molar-refractivity contribution >= 4 is 17.7 Å². The number of nitrogens with one attached hydrogen (secondary N) is 1. The van der Waals surface area contributed by atoms with Crippen molar-refractivity contribution in [1.29, 1.82) is 0 Å². The van der Waals surface area contributed by atoms with E-state index in [2.05, 4.69) is 10.3 Å². The highest BCUT2D eigenvalue weighted by molar-refractivity contribution is 7.98. The first-order valence-corrected chi connectivity index (χ1v) is 6.33. The van der Waals surface area contributed by atoms with Gasteiger partial charge in [0.15, 0.2) is 0 Å². The minimum absolute atomic E-state index is 0.00888. The second-order valence-corrected chi connectivity index (χ2v) is 4.69. The van der Waals surface area contributed by atoms with Crippen LogP contribution in [0.5, 0.6) is 0 Å². The lowest BCUT2D eigenvalue weighted by molar-refractivity contribution is 0.00317. The summed E-state index contributed by atoms with van der Waals surface area (Å²) in [5, 5.41) is 21.6. The molecular weight excluding hydrogens is 240 g/mol. The molecule has 0 aliphatic heterocycles. The number of thioether (sulfide) groups is 1. The van der Waals surface area contributed by atoms with Gasteiger partial charge in [0.2, 0.25) is 0 Å². The Morgan fingerprint density at radius 1 is 1.65 bits per heavy atom. The summed E-state index contributed by atoms with van der Waals surface area (Å²) >= 11 is 1.38. The van der Waals surface area contributed by atoms with Gasteiger partial charge in [0, 0.05) is 12.7 Å². The third kappa shape index (κ3) is 3.99. The molecule has 0 aliphatic rings. The van der Waals surface area contributed by atoms with E-state index in [1.165, 1.54) is 18.7 Å². The number of nitrogens with zero attached hydrogens (tertiary/aromatic N) is 1. The molecule has 0 fully saturated rings. The Morgan fingerprint density at radius 3 is 2.94 bits per heavy atom. The Balaban J connectivity index is 2.70. The molecule has 1 heterocycles. The third-order valence-corrected chi connectivity index (χ3v) is 2.89. The molecule has 0 aromatic carbocycles. The molecule has 0 bridgehead atoms. The van der Waals surface area contributed by atoms with Gasteiger partial charge in [-0.1, -0.05) is 0 Å². The van der Waals surface area contributed by atoms with Crippen molar-refractivity contribution in [3.8, 4) is 0 Å². The number of aliphatic hydroxyl groups is 2. The fraction of sp³-hybridized carbons (Fsp3) is 0.455. The molecule has 0 spiro atoms. The van der Waals surface area contributed by atoms with Crippen molar-refractivity contribution in [1.82, 2.24) is 10.3 Å². The monoisotopic (exact) mass is 256 g/mol. The van der Waals surface area contributed by atoms with Crippen molar-refractivity contribution in [3.05, 3.63) is 23.9 Å². The maximum Gasteiger partial charge on any atom is 0.254 e. The van der Waals surface area contributed by atoms with Crippen LogP contribution in [0.2, 0.25) is 0 Å². The van der Waals surface area contributed by atoms with Crippen LogP contribution < -0.4 is 5.32 Å². The molecule has 0 aliphatic carbocycles. The van der Waals surface area contributed by atoms with Gasteiger partial charge < -0.3 is 15.5 Å². The largest absolute Gasteiger partial charge is 0.393 e. The first kappa shape index (κ1) is 14.0. The lowest BCUT2D eigenvalue weighted by Gasteiger charge is -2.20. The zero-order chi connectivity index (χ0) is 12.9. The summed E-state index contributed by atoms with van der Waals surface area (Å²) in [5.74, 6) is -0.309. The molecule has 1 aromatic heterocycles. The predicted molar refractivity (Wildman–Crippen MR) is 66.1 cm³/mol. The molecule has 5 nitrogen and oxygen atoms in total. The standard InChI is InChI=1S/C11H16N2O3S/c1-11(16,7-14)6-13-9(15)8-4-3-5-12-10(8)17-2/h3-5,14,16H,6-7H2,1-2H3,(H,13,15). The second kappa shape index (κ2) is 6.00. The van der Waals surface area contributed by atoms with Gasteiger partial charge in [-0.25, -0.2) is 4.98 Å². The van der Waals surface area contributed by atoms with Gasteiger partial charge in [-0.3, -0.25) is 4.79 Å². The Hall–Kier alpha value is -1.11. The summed E-state index contributed by atoms with van der Waals surface area (Å²) in [6.45, 7) is 1.03. The predicted octanol–water partition coefficient (Wildman–Crippen LogP) is 0.277. The number of amides is 1. The number of hydrogen-bond acceptors (Lipinski definition) is 5. The minimum Gasteiger partial charge on any atom is -0.393 e. The molecule has 1 rings (SSSR count). The van der Waals surface area contributed by atoms with Crippen molar-refractivity contribution in [2.24, 2.45) is 0 Å². The minimum atomic E-state index is -1.31. The smallest absolute Gasteiger partial charge is 0.254 e. The van der Waals surface area contributed by atoms with Crippen LogP contribution in [0.25, 0.3) is 0 Å². The van der Waals surface area contributed by atoms with Crippen molar-refractivity contribution in [3.63, 3.8) is 0 Å². The third-order valence-electron chi connectivity index (χ3n) is 2.18. The summed E-state index contributed by atoms with van der Waals surface area (Å²) in [6, 6.07) is 3.35. The van der Waals surface area contributed by atoms with E-state index < -0.39 is 12.2 Å². The van der Waals surface area contributed by atoms with E-state index in [-0.39, 0.29) is 12.5 Å². The highest BCUT2D eigenvalue weighted by atomic mass is 32.2. The van der Waals surface area contributed by atoms with Crippen LogP contribution in [-0.2, 0) is 0 Å². The summed E-state index contributed by atoms with van der Waals surface area (Å²) < 4.78 is 0. The number of carbonyl (C=O) groups is 1. The average molecular weight is 256 g/mol. The van der Waals surface area contributed by atoms with Crippen LogP contribution in [0.4, 0.5) is 0 Å². The van der Waals surface area contributed by atoms with E-state index in [0.29, 0.717) is 10.6 Å². The summed E-state index contributed by atoms with van der Waals surface area (Å²) in [7, 11) is 0. The van der Waals surface area contributed by atoms with Gasteiger partial charge in [-0.05, 0) is 25.3 Å². The van der Waals surface area contributed by atoms with E-state index in [0.717, 1.165) is 0 Å². The van der Waals surface area contributed by atoms with Gasteiger partial charge in [0.25, 0.3) is 5.91 Å². The lowest BCUT2D eigenvalue weighted by Crippen LogP contribution is -2.43. The number of aromatic nitrogens is 1. The zero-order valence-corrected chi connectivity index (χ0v) is 10.6. The molecule has 6 heteroatoms. The molecule has 1 aromatic rings. The molecule has 1 amide bonds. The normalized spacial score (nSPS) is 14.1. The van der Waals surface area contributed by atoms with E-state index in [1.54, 1.807) is 18.3 Å². The number of rotatable bonds is 5. The second-order valence-electron chi connectivity index (χ2n) is 3.90. The lowest BCUT2D eigenvalue weighted by atomic mass is 10.1. The van der Waals surface area contributed by atoms with Crippen molar-refractivity contribution < 1.29 is 15.0 Å².